The van der Waals surface area contributed by atoms with E-state index in [1.54, 1.807) is 0 Å². The molecule has 10 nitrogen and oxygen atoms in total. The predicted octanol–water partition coefficient (Wildman–Crippen LogP) is 18.1. The van der Waals surface area contributed by atoms with E-state index >= 15 is 0 Å². The molecule has 18 aromatic rings. The summed E-state index contributed by atoms with van der Waals surface area (Å²) in [6, 6.07) is 98.4. The van der Waals surface area contributed by atoms with Gasteiger partial charge in [-0.1, -0.05) is 146 Å². The van der Waals surface area contributed by atoms with Crippen LogP contribution in [-0.2, 0) is 0 Å². The summed E-state index contributed by atoms with van der Waals surface area (Å²) in [6.07, 6.45) is 0. The second kappa shape index (κ2) is 18.1. The molecule has 0 aliphatic heterocycles. The lowest BCUT2D eigenvalue weighted by Gasteiger charge is -2.18. The largest absolute Gasteiger partial charge is 0.309 e. The third kappa shape index (κ3) is 6.69. The molecule has 0 radical (unpaired) electrons. The number of fused-ring (bicyclic) bond motifs is 16. The van der Waals surface area contributed by atoms with Gasteiger partial charge < -0.3 is 9.13 Å². The van der Waals surface area contributed by atoms with Crippen LogP contribution >= 0.6 is 0 Å². The third-order valence-corrected chi connectivity index (χ3v) is 17.5. The van der Waals surface area contributed by atoms with Gasteiger partial charge in [0.05, 0.1) is 112 Å². The van der Waals surface area contributed by atoms with Gasteiger partial charge in [-0.25, -0.2) is 9.97 Å². The first-order valence-corrected chi connectivity index (χ1v) is 28.7. The fourth-order valence-corrected chi connectivity index (χ4v) is 13.8. The number of rotatable bonds is 7. The van der Waals surface area contributed by atoms with E-state index in [1.165, 1.54) is 0 Å². The summed E-state index contributed by atoms with van der Waals surface area (Å²) in [5.41, 5.74) is 23.6. The van der Waals surface area contributed by atoms with Gasteiger partial charge in [-0.15, -0.1) is 0 Å². The van der Waals surface area contributed by atoms with Crippen molar-refractivity contribution in [2.24, 2.45) is 0 Å². The zero-order valence-corrected chi connectivity index (χ0v) is 45.9. The molecular weight excluding hydrogens is 1050 g/mol. The first kappa shape index (κ1) is 47.4. The van der Waals surface area contributed by atoms with Crippen molar-refractivity contribution in [3.05, 3.63) is 278 Å². The van der Waals surface area contributed by atoms with Crippen LogP contribution in [0.15, 0.2) is 267 Å². The van der Waals surface area contributed by atoms with Crippen LogP contribution in [0.1, 0.15) is 11.1 Å². The van der Waals surface area contributed by atoms with Crippen molar-refractivity contribution >= 4 is 99.3 Å². The predicted molar refractivity (Wildman–Crippen MR) is 347 cm³/mol. The second-order valence-electron chi connectivity index (χ2n) is 22.0. The van der Waals surface area contributed by atoms with Crippen molar-refractivity contribution in [3.63, 3.8) is 0 Å². The Labute approximate surface area is 490 Å². The van der Waals surface area contributed by atoms with Crippen molar-refractivity contribution in [1.82, 2.24) is 37.0 Å². The Kier molecular flexibility index (Phi) is 9.99. The molecule has 0 bridgehead atoms. The van der Waals surface area contributed by atoms with E-state index in [0.29, 0.717) is 11.1 Å². The number of nitriles is 2. The standard InChI is InChI=1S/C76H44N10/c77-45-47-34-39-66-57(41-47)54-20-4-8-24-62(54)81(66)61-23-7-1-17-51(61)52-18-2-10-26-64(52)84-70-30-14-16-32-72(70)86-74-44-50(35-38-60(74)80-76(84)86)49-36-40-67-58(43-49)55-21-5-9-25-63(55)82(67)73-42-48(46-78)33-37-56(73)53-19-3-11-27-65(53)83-69-29-13-15-31-71(69)85-68-28-12-6-22-59(68)79-75(83)85/h1-44H. The van der Waals surface area contributed by atoms with Crippen molar-refractivity contribution in [2.45, 2.75) is 0 Å². The Hall–Kier alpha value is -12.2. The minimum Gasteiger partial charge on any atom is -0.309 e. The molecule has 12 aromatic carbocycles. The second-order valence-corrected chi connectivity index (χ2v) is 22.0. The molecule has 6 aromatic heterocycles. The van der Waals surface area contributed by atoms with E-state index in [0.717, 1.165) is 155 Å². The monoisotopic (exact) mass is 1100 g/mol. The van der Waals surface area contributed by atoms with Gasteiger partial charge in [0.25, 0.3) is 0 Å². The Bertz CT molecular complexity index is 6020. The average Bonchev–Trinajstić information content (AvgIpc) is 1.64. The van der Waals surface area contributed by atoms with E-state index in [-0.39, 0.29) is 0 Å². The molecule has 398 valence electrons. The van der Waals surface area contributed by atoms with E-state index in [2.05, 4.69) is 276 Å². The van der Waals surface area contributed by atoms with E-state index in [1.807, 2.05) is 30.3 Å². The smallest absolute Gasteiger partial charge is 0.220 e. The van der Waals surface area contributed by atoms with Crippen LogP contribution in [0.2, 0.25) is 0 Å². The number of hydrogen-bond donors (Lipinski definition) is 0. The minimum absolute atomic E-state index is 0.572. The molecule has 0 unspecified atom stereocenters. The molecule has 0 spiro atoms. The van der Waals surface area contributed by atoms with Gasteiger partial charge in [0.1, 0.15) is 0 Å². The highest BCUT2D eigenvalue weighted by atomic mass is 15.2. The Morgan fingerprint density at radius 3 is 1.26 bits per heavy atom. The quantitative estimate of drug-likeness (QED) is 0.159. The molecule has 0 aliphatic carbocycles. The Balaban J connectivity index is 0.790. The Morgan fingerprint density at radius 1 is 0.256 bits per heavy atom. The van der Waals surface area contributed by atoms with Crippen LogP contribution in [-0.4, -0.2) is 37.0 Å². The molecule has 6 heterocycles. The van der Waals surface area contributed by atoms with Crippen molar-refractivity contribution < 1.29 is 0 Å². The number of imidazole rings is 4. The highest BCUT2D eigenvalue weighted by molar-refractivity contribution is 6.12. The normalized spacial score (nSPS) is 11.9. The Morgan fingerprint density at radius 2 is 0.651 bits per heavy atom. The average molecular weight is 1100 g/mol. The van der Waals surface area contributed by atoms with Gasteiger partial charge >= 0.3 is 0 Å². The summed E-state index contributed by atoms with van der Waals surface area (Å²) in [6.45, 7) is 0. The first-order chi connectivity index (χ1) is 42.6. The lowest BCUT2D eigenvalue weighted by atomic mass is 9.99. The summed E-state index contributed by atoms with van der Waals surface area (Å²) in [5.74, 6) is 1.64. The SMILES string of the molecule is N#Cc1ccc(-c2ccccc2-n2c3ccccc3n3c4ccccc4nc23)c(-n2c3ccccc3c3cc(-c4ccc5nc6n(-c7ccccc7-c7ccccc7-n7c8ccccc8c8cc(C#N)ccc87)c7ccccc7n6c5c4)ccc32)c1. The molecule has 0 fully saturated rings. The summed E-state index contributed by atoms with van der Waals surface area (Å²) >= 11 is 0. The maximum absolute atomic E-state index is 10.5. The van der Waals surface area contributed by atoms with Crippen LogP contribution in [0.5, 0.6) is 0 Å². The topological polar surface area (TPSA) is 102 Å². The summed E-state index contributed by atoms with van der Waals surface area (Å²) < 4.78 is 13.8. The highest BCUT2D eigenvalue weighted by Gasteiger charge is 2.26. The highest BCUT2D eigenvalue weighted by Crippen LogP contribution is 2.44. The van der Waals surface area contributed by atoms with Crippen molar-refractivity contribution in [3.8, 4) is 68.3 Å². The molecule has 0 N–H and O–H groups in total. The summed E-state index contributed by atoms with van der Waals surface area (Å²) in [7, 11) is 0. The van der Waals surface area contributed by atoms with Crippen molar-refractivity contribution in [2.75, 3.05) is 0 Å². The molecule has 0 saturated carbocycles. The summed E-state index contributed by atoms with van der Waals surface area (Å²) in [5, 5.41) is 24.8. The number of para-hydroxylation sites is 11. The lowest BCUT2D eigenvalue weighted by Crippen LogP contribution is -2.02. The molecule has 18 rings (SSSR count). The van der Waals surface area contributed by atoms with E-state index in [9.17, 15) is 10.5 Å². The van der Waals surface area contributed by atoms with Gasteiger partial charge in [-0.05, 0) is 132 Å². The van der Waals surface area contributed by atoms with Gasteiger partial charge in [-0.2, -0.15) is 10.5 Å². The molecular formula is C76H44N10. The zero-order valence-electron chi connectivity index (χ0n) is 45.9. The van der Waals surface area contributed by atoms with Crippen LogP contribution < -0.4 is 0 Å². The maximum Gasteiger partial charge on any atom is 0.220 e. The molecule has 10 heteroatoms. The summed E-state index contributed by atoms with van der Waals surface area (Å²) in [4.78, 5) is 10.7. The van der Waals surface area contributed by atoms with Crippen LogP contribution in [0.4, 0.5) is 0 Å². The molecule has 0 saturated heterocycles. The molecule has 0 amide bonds. The first-order valence-electron chi connectivity index (χ1n) is 28.7. The number of nitrogens with zero attached hydrogens (tertiary/aromatic N) is 10. The van der Waals surface area contributed by atoms with Gasteiger partial charge in [-0.3, -0.25) is 17.9 Å². The number of hydrogen-bond acceptors (Lipinski definition) is 4. The maximum atomic E-state index is 10.5. The van der Waals surface area contributed by atoms with Gasteiger partial charge in [0.15, 0.2) is 0 Å². The number of benzene rings is 12. The van der Waals surface area contributed by atoms with Crippen LogP contribution in [0, 0.1) is 22.7 Å². The fourth-order valence-electron chi connectivity index (χ4n) is 13.8. The van der Waals surface area contributed by atoms with Gasteiger partial charge in [0.2, 0.25) is 11.6 Å². The number of aromatic nitrogens is 8. The molecule has 0 atom stereocenters. The molecule has 86 heavy (non-hydrogen) atoms. The third-order valence-electron chi connectivity index (χ3n) is 17.5. The fraction of sp³-hybridized carbons (Fsp3) is 0. The minimum atomic E-state index is 0.572. The van der Waals surface area contributed by atoms with Crippen LogP contribution in [0.25, 0.3) is 155 Å². The lowest BCUT2D eigenvalue weighted by molar-refractivity contribution is 1.11. The van der Waals surface area contributed by atoms with E-state index in [4.69, 9.17) is 9.97 Å². The van der Waals surface area contributed by atoms with Crippen molar-refractivity contribution in [1.29, 1.82) is 10.5 Å². The molecule has 0 aliphatic rings. The van der Waals surface area contributed by atoms with Gasteiger partial charge in [0, 0.05) is 43.8 Å². The van der Waals surface area contributed by atoms with Crippen LogP contribution in [0.3, 0.4) is 0 Å². The zero-order chi connectivity index (χ0) is 56.7. The van der Waals surface area contributed by atoms with E-state index < -0.39 is 0 Å².